The van der Waals surface area contributed by atoms with E-state index in [1.807, 2.05) is 0 Å². The summed E-state index contributed by atoms with van der Waals surface area (Å²) < 4.78 is 0. The summed E-state index contributed by atoms with van der Waals surface area (Å²) in [5, 5.41) is 8.61. The molecule has 0 bridgehead atoms. The quantitative estimate of drug-likeness (QED) is 0.178. The number of nitrogens with zero attached hydrogens (tertiary/aromatic N) is 1. The molecule has 0 aromatic heterocycles. The minimum atomic E-state index is -0.0491. The molecule has 4 aromatic carbocycles. The Morgan fingerprint density at radius 3 is 1.83 bits per heavy atom. The van der Waals surface area contributed by atoms with Crippen molar-refractivity contribution in [1.82, 2.24) is 5.32 Å². The lowest BCUT2D eigenvalue weighted by molar-refractivity contribution is 0.648. The van der Waals surface area contributed by atoms with Crippen LogP contribution in [-0.4, -0.2) is 5.96 Å². The van der Waals surface area contributed by atoms with Crippen molar-refractivity contribution in [1.29, 1.82) is 0 Å². The molecular formula is C25H19Br2N3. The van der Waals surface area contributed by atoms with Gasteiger partial charge in [0, 0.05) is 0 Å². The fourth-order valence-corrected chi connectivity index (χ4v) is 6.65. The first-order valence-electron chi connectivity index (χ1n) is 10.0. The minimum absolute atomic E-state index is 0.0446. The van der Waals surface area contributed by atoms with Gasteiger partial charge in [-0.3, -0.25) is 0 Å². The molecule has 0 saturated heterocycles. The monoisotopic (exact) mass is 519 g/mol. The van der Waals surface area contributed by atoms with Crippen molar-refractivity contribution < 1.29 is 0 Å². The van der Waals surface area contributed by atoms with Crippen molar-refractivity contribution in [3.8, 4) is 0 Å². The maximum atomic E-state index is 6.48. The summed E-state index contributed by atoms with van der Waals surface area (Å²) in [6.45, 7) is 0. The van der Waals surface area contributed by atoms with Crippen LogP contribution in [0.25, 0.3) is 21.5 Å². The summed E-state index contributed by atoms with van der Waals surface area (Å²) in [6.07, 6.45) is 0. The van der Waals surface area contributed by atoms with E-state index in [9.17, 15) is 0 Å². The van der Waals surface area contributed by atoms with Gasteiger partial charge in [0.25, 0.3) is 0 Å². The highest BCUT2D eigenvalue weighted by atomic mass is 79.9. The lowest BCUT2D eigenvalue weighted by atomic mass is 10.0. The van der Waals surface area contributed by atoms with E-state index in [2.05, 4.69) is 110 Å². The van der Waals surface area contributed by atoms with Gasteiger partial charge in [0.05, 0.1) is 21.7 Å². The molecule has 6 rings (SSSR count). The van der Waals surface area contributed by atoms with Gasteiger partial charge in [-0.25, -0.2) is 4.99 Å². The standard InChI is InChI=1S/C25H19Br2N3/c26-21-15-9-1-5-13-7-3-11-17(19(13)15)23(21)29-25(28)30-24-18-12-4-8-14-6-2-10-16(20(14)18)22(24)27/h1-12,21-24H,(H3,28,29,30). The van der Waals surface area contributed by atoms with E-state index in [0.717, 1.165) is 0 Å². The number of guanidine groups is 1. The normalized spacial score (nSPS) is 24.7. The Hall–Kier alpha value is -2.37. The Morgan fingerprint density at radius 1 is 0.700 bits per heavy atom. The fraction of sp³-hybridized carbons (Fsp3) is 0.160. The van der Waals surface area contributed by atoms with E-state index >= 15 is 0 Å². The predicted molar refractivity (Wildman–Crippen MR) is 131 cm³/mol. The maximum absolute atomic E-state index is 6.48. The van der Waals surface area contributed by atoms with Crippen LogP contribution in [0.4, 0.5) is 0 Å². The van der Waals surface area contributed by atoms with Gasteiger partial charge in [-0.05, 0) is 43.8 Å². The number of hydrogen-bond donors (Lipinski definition) is 2. The van der Waals surface area contributed by atoms with Crippen LogP contribution in [0.2, 0.25) is 0 Å². The Kier molecular flexibility index (Phi) is 4.19. The third-order valence-corrected chi connectivity index (χ3v) is 8.35. The van der Waals surface area contributed by atoms with Crippen molar-refractivity contribution in [3.63, 3.8) is 0 Å². The highest BCUT2D eigenvalue weighted by Gasteiger charge is 2.35. The van der Waals surface area contributed by atoms with Gasteiger partial charge >= 0.3 is 0 Å². The maximum Gasteiger partial charge on any atom is 0.189 e. The van der Waals surface area contributed by atoms with E-state index in [-0.39, 0.29) is 21.7 Å². The average molecular weight is 521 g/mol. The van der Waals surface area contributed by atoms with Crippen LogP contribution in [-0.2, 0) is 0 Å². The van der Waals surface area contributed by atoms with Crippen LogP contribution >= 0.6 is 31.9 Å². The Balaban J connectivity index is 1.36. The lowest BCUT2D eigenvalue weighted by Crippen LogP contribution is -2.36. The largest absolute Gasteiger partial charge is 0.370 e. The zero-order valence-electron chi connectivity index (χ0n) is 16.0. The number of benzene rings is 4. The molecule has 0 saturated carbocycles. The summed E-state index contributed by atoms with van der Waals surface area (Å²) in [5.74, 6) is 0.466. The molecule has 0 spiro atoms. The minimum Gasteiger partial charge on any atom is -0.370 e. The summed E-state index contributed by atoms with van der Waals surface area (Å²) in [6, 6.07) is 25.7. The van der Waals surface area contributed by atoms with Gasteiger partial charge in [-0.1, -0.05) is 105 Å². The molecule has 30 heavy (non-hydrogen) atoms. The first kappa shape index (κ1) is 18.4. The Morgan fingerprint density at radius 2 is 1.20 bits per heavy atom. The molecular weight excluding hydrogens is 502 g/mol. The van der Waals surface area contributed by atoms with E-state index in [1.165, 1.54) is 43.8 Å². The second kappa shape index (κ2) is 6.82. The number of halogens is 2. The number of alkyl halides is 2. The van der Waals surface area contributed by atoms with E-state index < -0.39 is 0 Å². The fourth-order valence-electron chi connectivity index (χ4n) is 5.06. The van der Waals surface area contributed by atoms with E-state index in [0.29, 0.717) is 5.96 Å². The zero-order chi connectivity index (χ0) is 20.4. The summed E-state index contributed by atoms with van der Waals surface area (Å²) in [7, 11) is 0. The third-order valence-electron chi connectivity index (χ3n) is 6.34. The second-order valence-electron chi connectivity index (χ2n) is 7.97. The smallest absolute Gasteiger partial charge is 0.189 e. The number of nitrogens with two attached hydrogens (primary N) is 1. The van der Waals surface area contributed by atoms with Crippen LogP contribution in [0.3, 0.4) is 0 Å². The first-order chi connectivity index (χ1) is 14.6. The predicted octanol–water partition coefficient (Wildman–Crippen LogP) is 6.58. The zero-order valence-corrected chi connectivity index (χ0v) is 19.2. The van der Waals surface area contributed by atoms with Gasteiger partial charge in [0.1, 0.15) is 0 Å². The number of aliphatic imine (C=N–C) groups is 1. The van der Waals surface area contributed by atoms with Gasteiger partial charge in [-0.2, -0.15) is 0 Å². The number of nitrogens with one attached hydrogen (secondary N) is 1. The van der Waals surface area contributed by atoms with E-state index in [4.69, 9.17) is 10.7 Å². The van der Waals surface area contributed by atoms with Crippen LogP contribution < -0.4 is 11.1 Å². The summed E-state index contributed by atoms with van der Waals surface area (Å²) in [5.41, 5.74) is 11.5. The van der Waals surface area contributed by atoms with Crippen molar-refractivity contribution in [2.24, 2.45) is 10.7 Å². The molecule has 4 atom stereocenters. The van der Waals surface area contributed by atoms with Crippen LogP contribution in [0.15, 0.2) is 77.8 Å². The molecule has 3 N–H and O–H groups in total. The molecule has 4 aromatic rings. The van der Waals surface area contributed by atoms with E-state index in [1.54, 1.807) is 0 Å². The molecule has 5 heteroatoms. The summed E-state index contributed by atoms with van der Waals surface area (Å²) >= 11 is 7.77. The average Bonchev–Trinajstić information content (AvgIpc) is 3.19. The van der Waals surface area contributed by atoms with Gasteiger partial charge in [0.2, 0.25) is 0 Å². The van der Waals surface area contributed by atoms with Crippen LogP contribution in [0.5, 0.6) is 0 Å². The molecule has 2 aliphatic rings. The molecule has 2 aliphatic carbocycles. The molecule has 0 aliphatic heterocycles. The first-order valence-corrected chi connectivity index (χ1v) is 11.9. The van der Waals surface area contributed by atoms with Crippen LogP contribution in [0.1, 0.15) is 44.0 Å². The lowest BCUT2D eigenvalue weighted by Gasteiger charge is -2.21. The SMILES string of the molecule is NC(=NC1c2cccc3cccc(c23)C1Br)NC1c2cccc3cccc(c23)C1Br. The van der Waals surface area contributed by atoms with Crippen molar-refractivity contribution in [2.45, 2.75) is 21.7 Å². The molecule has 0 amide bonds. The molecule has 3 nitrogen and oxygen atoms in total. The van der Waals surface area contributed by atoms with Gasteiger partial charge in [-0.15, -0.1) is 0 Å². The molecule has 148 valence electrons. The number of hydrogen-bond acceptors (Lipinski definition) is 1. The molecule has 0 heterocycles. The van der Waals surface area contributed by atoms with Crippen molar-refractivity contribution >= 4 is 59.4 Å². The second-order valence-corrected chi connectivity index (χ2v) is 9.94. The molecule has 0 radical (unpaired) electrons. The summed E-state index contributed by atoms with van der Waals surface area (Å²) in [4.78, 5) is 5.20. The van der Waals surface area contributed by atoms with Crippen molar-refractivity contribution in [3.05, 3.63) is 95.1 Å². The highest BCUT2D eigenvalue weighted by Crippen LogP contribution is 2.51. The third kappa shape index (κ3) is 2.58. The van der Waals surface area contributed by atoms with Gasteiger partial charge in [0.15, 0.2) is 5.96 Å². The highest BCUT2D eigenvalue weighted by molar-refractivity contribution is 9.09. The topological polar surface area (TPSA) is 50.4 Å². The molecule has 4 unspecified atom stereocenters. The van der Waals surface area contributed by atoms with Crippen LogP contribution in [0, 0.1) is 0 Å². The van der Waals surface area contributed by atoms with Gasteiger partial charge < -0.3 is 11.1 Å². The van der Waals surface area contributed by atoms with Crippen molar-refractivity contribution in [2.75, 3.05) is 0 Å². The molecule has 0 fully saturated rings. The number of rotatable bonds is 2. The Bertz CT molecular complexity index is 1340. The Labute approximate surface area is 191 Å².